The minimum Gasteiger partial charge on any atom is -0.365 e. The molecule has 1 aliphatic heterocycles. The molecule has 3 amide bonds. The Bertz CT molecular complexity index is 1150. The van der Waals surface area contributed by atoms with Crippen molar-refractivity contribution in [3.8, 4) is 10.4 Å². The minimum atomic E-state index is -0.707. The number of fused-ring (bicyclic) bond motifs is 3. The molecule has 5 N–H and O–H groups in total. The van der Waals surface area contributed by atoms with Gasteiger partial charge in [0, 0.05) is 35.8 Å². The van der Waals surface area contributed by atoms with Crippen molar-refractivity contribution in [2.45, 2.75) is 31.8 Å². The average Bonchev–Trinajstić information content (AvgIpc) is 3.43. The molecule has 1 unspecified atom stereocenters. The Balaban J connectivity index is 1.41. The van der Waals surface area contributed by atoms with Gasteiger partial charge in [0.2, 0.25) is 0 Å². The van der Waals surface area contributed by atoms with E-state index in [0.717, 1.165) is 48.5 Å². The van der Waals surface area contributed by atoms with Gasteiger partial charge in [-0.05, 0) is 30.4 Å². The third kappa shape index (κ3) is 3.60. The van der Waals surface area contributed by atoms with E-state index in [2.05, 4.69) is 39.2 Å². The van der Waals surface area contributed by atoms with Crippen molar-refractivity contribution in [3.63, 3.8) is 0 Å². The van der Waals surface area contributed by atoms with Gasteiger partial charge in [0.25, 0.3) is 5.91 Å². The van der Waals surface area contributed by atoms with Crippen LogP contribution in [0.2, 0.25) is 0 Å². The molecule has 5 rings (SSSR count). The van der Waals surface area contributed by atoms with Crippen molar-refractivity contribution in [2.75, 3.05) is 18.4 Å². The molecule has 2 aliphatic rings. The van der Waals surface area contributed by atoms with Crippen LogP contribution in [0.4, 0.5) is 9.80 Å². The molecule has 31 heavy (non-hydrogen) atoms. The number of thiophene rings is 1. The van der Waals surface area contributed by atoms with Crippen molar-refractivity contribution in [2.24, 2.45) is 11.5 Å². The zero-order valence-corrected chi connectivity index (χ0v) is 17.8. The number of likely N-dealkylation sites (tertiary alicyclic amines) is 1. The van der Waals surface area contributed by atoms with E-state index in [0.29, 0.717) is 23.0 Å². The molecule has 1 saturated heterocycles. The fourth-order valence-electron chi connectivity index (χ4n) is 4.76. The highest BCUT2D eigenvalue weighted by Crippen LogP contribution is 2.45. The molecule has 1 aromatic carbocycles. The van der Waals surface area contributed by atoms with Gasteiger partial charge in [0.05, 0.1) is 17.8 Å². The van der Waals surface area contributed by atoms with Crippen LogP contribution in [0.1, 0.15) is 39.6 Å². The first-order chi connectivity index (χ1) is 15.0. The number of aromatic nitrogens is 2. The predicted octanol–water partition coefficient (Wildman–Crippen LogP) is 2.75. The summed E-state index contributed by atoms with van der Waals surface area (Å²) in [5.41, 5.74) is 15.7. The second-order valence-electron chi connectivity index (χ2n) is 8.08. The standard InChI is InChI=1S/C22H24N6O2S/c23-20(29)18-15-6-7-17-16(19(15)31-21(18)26-22(24)30)10-25-28(17)14-8-9-27(12-14)11-13-4-2-1-3-5-13/h1-5,10,14H,6-9,11-12H2,(H2,23,29)(H3,24,26,30). The van der Waals surface area contributed by atoms with Gasteiger partial charge in [-0.1, -0.05) is 30.3 Å². The van der Waals surface area contributed by atoms with Gasteiger partial charge in [-0.3, -0.25) is 19.7 Å². The van der Waals surface area contributed by atoms with E-state index in [1.54, 1.807) is 0 Å². The molecule has 9 heteroatoms. The van der Waals surface area contributed by atoms with Crippen LogP contribution in [0.25, 0.3) is 10.4 Å². The molecule has 3 heterocycles. The van der Waals surface area contributed by atoms with E-state index in [-0.39, 0.29) is 0 Å². The van der Waals surface area contributed by atoms with Crippen molar-refractivity contribution >= 4 is 28.3 Å². The summed E-state index contributed by atoms with van der Waals surface area (Å²) in [6, 6.07) is 10.1. The molecule has 0 saturated carbocycles. The number of amides is 3. The van der Waals surface area contributed by atoms with Gasteiger partial charge in [-0.25, -0.2) is 4.79 Å². The Morgan fingerprint density at radius 3 is 2.74 bits per heavy atom. The SMILES string of the molecule is NC(=O)Nc1sc2c(c1C(N)=O)CCc1c-2cnn1C1CCN(Cc2ccccc2)C1. The highest BCUT2D eigenvalue weighted by atomic mass is 32.1. The average molecular weight is 437 g/mol. The summed E-state index contributed by atoms with van der Waals surface area (Å²) in [5.74, 6) is -0.551. The first-order valence-electron chi connectivity index (χ1n) is 10.4. The quantitative estimate of drug-likeness (QED) is 0.570. The highest BCUT2D eigenvalue weighted by Gasteiger charge is 2.33. The molecule has 160 valence electrons. The third-order valence-electron chi connectivity index (χ3n) is 6.09. The lowest BCUT2D eigenvalue weighted by molar-refractivity contribution is 0.100. The molecule has 0 radical (unpaired) electrons. The monoisotopic (exact) mass is 436 g/mol. The van der Waals surface area contributed by atoms with Crippen LogP contribution < -0.4 is 16.8 Å². The maximum atomic E-state index is 12.1. The van der Waals surface area contributed by atoms with E-state index in [4.69, 9.17) is 16.6 Å². The van der Waals surface area contributed by atoms with Gasteiger partial charge < -0.3 is 11.5 Å². The van der Waals surface area contributed by atoms with Crippen LogP contribution in [0.5, 0.6) is 0 Å². The molecule has 0 spiro atoms. The van der Waals surface area contributed by atoms with Crippen molar-refractivity contribution in [1.29, 1.82) is 0 Å². The highest BCUT2D eigenvalue weighted by molar-refractivity contribution is 7.20. The van der Waals surface area contributed by atoms with Gasteiger partial charge in [0.1, 0.15) is 5.00 Å². The minimum absolute atomic E-state index is 0.327. The van der Waals surface area contributed by atoms with Crippen LogP contribution in [0, 0.1) is 0 Å². The number of nitrogens with two attached hydrogens (primary N) is 2. The number of rotatable bonds is 5. The van der Waals surface area contributed by atoms with Gasteiger partial charge in [0.15, 0.2) is 0 Å². The molecule has 1 atom stereocenters. The Labute approximate surface area is 183 Å². The Morgan fingerprint density at radius 2 is 2.00 bits per heavy atom. The molecule has 1 fully saturated rings. The van der Waals surface area contributed by atoms with E-state index in [1.807, 2.05) is 12.3 Å². The van der Waals surface area contributed by atoms with E-state index < -0.39 is 11.9 Å². The van der Waals surface area contributed by atoms with Crippen LogP contribution in [0.3, 0.4) is 0 Å². The lowest BCUT2D eigenvalue weighted by Gasteiger charge is -2.20. The number of hydrogen-bond acceptors (Lipinski definition) is 5. The second kappa shape index (κ2) is 7.82. The largest absolute Gasteiger partial charge is 0.365 e. The summed E-state index contributed by atoms with van der Waals surface area (Å²) in [6.45, 7) is 2.94. The molecule has 0 bridgehead atoms. The van der Waals surface area contributed by atoms with Gasteiger partial charge in [-0.15, -0.1) is 11.3 Å². The smallest absolute Gasteiger partial charge is 0.317 e. The van der Waals surface area contributed by atoms with Crippen molar-refractivity contribution < 1.29 is 9.59 Å². The summed E-state index contributed by atoms with van der Waals surface area (Å²) < 4.78 is 2.16. The van der Waals surface area contributed by atoms with Gasteiger partial charge >= 0.3 is 6.03 Å². The van der Waals surface area contributed by atoms with Crippen molar-refractivity contribution in [3.05, 3.63) is 58.9 Å². The molecule has 1 aliphatic carbocycles. The number of nitrogens with zero attached hydrogens (tertiary/aromatic N) is 3. The summed E-state index contributed by atoms with van der Waals surface area (Å²) in [5, 5.41) is 7.71. The molecule has 2 aromatic heterocycles. The number of benzene rings is 1. The number of urea groups is 1. The molecule has 8 nitrogen and oxygen atoms in total. The third-order valence-corrected chi connectivity index (χ3v) is 7.27. The van der Waals surface area contributed by atoms with Crippen LogP contribution in [0.15, 0.2) is 36.5 Å². The summed E-state index contributed by atoms with van der Waals surface area (Å²) >= 11 is 1.34. The van der Waals surface area contributed by atoms with Crippen LogP contribution >= 0.6 is 11.3 Å². The first-order valence-corrected chi connectivity index (χ1v) is 11.2. The van der Waals surface area contributed by atoms with E-state index >= 15 is 0 Å². The number of anilines is 1. The number of carbonyl (C=O) groups excluding carboxylic acids is 2. The maximum absolute atomic E-state index is 12.1. The number of nitrogens with one attached hydrogen (secondary N) is 1. The molecular weight excluding hydrogens is 412 g/mol. The lowest BCUT2D eigenvalue weighted by Crippen LogP contribution is -2.23. The lowest BCUT2D eigenvalue weighted by atomic mass is 9.93. The second-order valence-corrected chi connectivity index (χ2v) is 9.10. The Morgan fingerprint density at radius 1 is 1.19 bits per heavy atom. The zero-order chi connectivity index (χ0) is 21.5. The Hall–Kier alpha value is -3.17. The molecule has 3 aromatic rings. The fourth-order valence-corrected chi connectivity index (χ4v) is 6.05. The van der Waals surface area contributed by atoms with Crippen LogP contribution in [-0.4, -0.2) is 39.7 Å². The van der Waals surface area contributed by atoms with E-state index in [9.17, 15) is 9.59 Å². The fraction of sp³-hybridized carbons (Fsp3) is 0.318. The van der Waals surface area contributed by atoms with Crippen molar-refractivity contribution in [1.82, 2.24) is 14.7 Å². The normalized spacial score (nSPS) is 17.9. The maximum Gasteiger partial charge on any atom is 0.317 e. The summed E-state index contributed by atoms with van der Waals surface area (Å²) in [6.07, 6.45) is 4.40. The molecular formula is C22H24N6O2S. The zero-order valence-electron chi connectivity index (χ0n) is 17.0. The summed E-state index contributed by atoms with van der Waals surface area (Å²) in [4.78, 5) is 26.9. The summed E-state index contributed by atoms with van der Waals surface area (Å²) in [7, 11) is 0. The predicted molar refractivity (Wildman–Crippen MR) is 120 cm³/mol. The topological polar surface area (TPSA) is 119 Å². The number of hydrogen-bond donors (Lipinski definition) is 3. The number of carbonyl (C=O) groups is 2. The first kappa shape index (κ1) is 19.8. The van der Waals surface area contributed by atoms with Gasteiger partial charge in [-0.2, -0.15) is 5.10 Å². The number of primary amides is 2. The Kier molecular flexibility index (Phi) is 4.99. The van der Waals surface area contributed by atoms with Crippen LogP contribution in [-0.2, 0) is 19.4 Å². The van der Waals surface area contributed by atoms with E-state index in [1.165, 1.54) is 22.6 Å².